The fourth-order valence-corrected chi connectivity index (χ4v) is 1.42. The number of ether oxygens (including phenoxy) is 1. The molecule has 0 bridgehead atoms. The van der Waals surface area contributed by atoms with Gasteiger partial charge in [0.05, 0.1) is 6.61 Å². The largest absolute Gasteiger partial charge is 0.494 e. The van der Waals surface area contributed by atoms with Crippen molar-refractivity contribution in [3.63, 3.8) is 0 Å². The van der Waals surface area contributed by atoms with E-state index in [0.29, 0.717) is 0 Å². The number of rotatable bonds is 7. The third-order valence-electron chi connectivity index (χ3n) is 2.39. The van der Waals surface area contributed by atoms with Crippen LogP contribution in [-0.4, -0.2) is 13.2 Å². The zero-order valence-corrected chi connectivity index (χ0v) is 9.54. The first kappa shape index (κ1) is 12.1. The molecule has 1 aromatic carbocycles. The Morgan fingerprint density at radius 3 is 2.33 bits per heavy atom. The summed E-state index contributed by atoms with van der Waals surface area (Å²) in [6.07, 6.45) is 4.68. The van der Waals surface area contributed by atoms with Gasteiger partial charge in [-0.3, -0.25) is 0 Å². The molecule has 84 valence electrons. The number of hydrogen-bond acceptors (Lipinski definition) is 2. The first-order valence-electron chi connectivity index (χ1n) is 5.72. The van der Waals surface area contributed by atoms with Crippen LogP contribution >= 0.6 is 0 Å². The van der Waals surface area contributed by atoms with Gasteiger partial charge in [-0.2, -0.15) is 0 Å². The molecule has 0 atom stereocenters. The van der Waals surface area contributed by atoms with E-state index in [9.17, 15) is 0 Å². The van der Waals surface area contributed by atoms with Crippen LogP contribution in [0.25, 0.3) is 0 Å². The molecule has 0 amide bonds. The highest BCUT2D eigenvalue weighted by Gasteiger charge is 1.93. The van der Waals surface area contributed by atoms with Crippen molar-refractivity contribution >= 4 is 0 Å². The molecule has 0 saturated heterocycles. The lowest BCUT2D eigenvalue weighted by Gasteiger charge is -2.05. The minimum atomic E-state index is 0.804. The average Bonchev–Trinajstić information content (AvgIpc) is 2.26. The average molecular weight is 207 g/mol. The van der Waals surface area contributed by atoms with E-state index in [2.05, 4.69) is 19.1 Å². The van der Waals surface area contributed by atoms with E-state index in [0.717, 1.165) is 31.7 Å². The minimum absolute atomic E-state index is 0.804. The van der Waals surface area contributed by atoms with E-state index in [1.165, 1.54) is 18.4 Å². The molecular formula is C13H21NO. The van der Waals surface area contributed by atoms with Crippen LogP contribution < -0.4 is 10.5 Å². The SMILES string of the molecule is Cc1ccc(OCCCCCCN)cc1. The van der Waals surface area contributed by atoms with Crippen LogP contribution in [0.5, 0.6) is 5.75 Å². The zero-order chi connectivity index (χ0) is 10.9. The Bertz CT molecular complexity index is 256. The fraction of sp³-hybridized carbons (Fsp3) is 0.538. The molecule has 1 aromatic rings. The minimum Gasteiger partial charge on any atom is -0.494 e. The monoisotopic (exact) mass is 207 g/mol. The lowest BCUT2D eigenvalue weighted by Crippen LogP contribution is -2.00. The second-order valence-corrected chi connectivity index (χ2v) is 3.86. The van der Waals surface area contributed by atoms with Gasteiger partial charge in [0.2, 0.25) is 0 Å². The maximum absolute atomic E-state index is 5.61. The van der Waals surface area contributed by atoms with Crippen molar-refractivity contribution in [3.8, 4) is 5.75 Å². The molecule has 2 N–H and O–H groups in total. The van der Waals surface area contributed by atoms with Crippen molar-refractivity contribution in [1.82, 2.24) is 0 Å². The Kier molecular flexibility index (Phi) is 5.86. The number of unbranched alkanes of at least 4 members (excludes halogenated alkanes) is 3. The summed E-state index contributed by atoms with van der Waals surface area (Å²) in [4.78, 5) is 0. The highest BCUT2D eigenvalue weighted by Crippen LogP contribution is 2.12. The summed E-state index contributed by atoms with van der Waals surface area (Å²) >= 11 is 0. The molecule has 0 aliphatic rings. The van der Waals surface area contributed by atoms with Crippen LogP contribution in [0.3, 0.4) is 0 Å². The van der Waals surface area contributed by atoms with Gasteiger partial charge in [0.25, 0.3) is 0 Å². The summed E-state index contributed by atoms with van der Waals surface area (Å²) in [5.74, 6) is 0.972. The van der Waals surface area contributed by atoms with Crippen molar-refractivity contribution in [2.75, 3.05) is 13.2 Å². The molecule has 0 aliphatic heterocycles. The van der Waals surface area contributed by atoms with Crippen molar-refractivity contribution in [3.05, 3.63) is 29.8 Å². The van der Waals surface area contributed by atoms with Gasteiger partial charge in [0, 0.05) is 0 Å². The topological polar surface area (TPSA) is 35.2 Å². The van der Waals surface area contributed by atoms with Crippen LogP contribution in [0.4, 0.5) is 0 Å². The Hall–Kier alpha value is -1.02. The van der Waals surface area contributed by atoms with E-state index in [1.807, 2.05) is 12.1 Å². The predicted octanol–water partition coefficient (Wildman–Crippen LogP) is 2.89. The molecule has 0 spiro atoms. The summed E-state index contributed by atoms with van der Waals surface area (Å²) in [6.45, 7) is 3.70. The van der Waals surface area contributed by atoms with E-state index in [1.54, 1.807) is 0 Å². The molecule has 0 aliphatic carbocycles. The van der Waals surface area contributed by atoms with Crippen LogP contribution in [0, 0.1) is 6.92 Å². The van der Waals surface area contributed by atoms with Crippen LogP contribution in [-0.2, 0) is 0 Å². The predicted molar refractivity (Wildman–Crippen MR) is 64.2 cm³/mol. The molecule has 0 unspecified atom stereocenters. The third kappa shape index (κ3) is 5.43. The molecule has 1 rings (SSSR count). The van der Waals surface area contributed by atoms with Crippen molar-refractivity contribution in [2.24, 2.45) is 5.73 Å². The maximum atomic E-state index is 5.61. The van der Waals surface area contributed by atoms with Crippen molar-refractivity contribution < 1.29 is 4.74 Å². The summed E-state index contributed by atoms with van der Waals surface area (Å²) in [5, 5.41) is 0. The van der Waals surface area contributed by atoms with Gasteiger partial charge in [-0.1, -0.05) is 30.5 Å². The lowest BCUT2D eigenvalue weighted by atomic mass is 10.2. The van der Waals surface area contributed by atoms with Gasteiger partial charge >= 0.3 is 0 Å². The van der Waals surface area contributed by atoms with Crippen LogP contribution in [0.2, 0.25) is 0 Å². The standard InChI is InChI=1S/C13H21NO/c1-12-6-8-13(9-7-12)15-11-5-3-2-4-10-14/h6-9H,2-5,10-11,14H2,1H3. The molecule has 2 heteroatoms. The molecule has 15 heavy (non-hydrogen) atoms. The molecular weight excluding hydrogens is 186 g/mol. The van der Waals surface area contributed by atoms with Crippen LogP contribution in [0.15, 0.2) is 24.3 Å². The van der Waals surface area contributed by atoms with Gasteiger partial charge in [0.1, 0.15) is 5.75 Å². The van der Waals surface area contributed by atoms with Crippen LogP contribution in [0.1, 0.15) is 31.2 Å². The number of aryl methyl sites for hydroxylation is 1. The van der Waals surface area contributed by atoms with Gasteiger partial charge in [0.15, 0.2) is 0 Å². The van der Waals surface area contributed by atoms with Gasteiger partial charge in [-0.05, 0) is 38.4 Å². The van der Waals surface area contributed by atoms with Gasteiger partial charge in [-0.25, -0.2) is 0 Å². The smallest absolute Gasteiger partial charge is 0.119 e. The van der Waals surface area contributed by atoms with E-state index in [4.69, 9.17) is 10.5 Å². The molecule has 0 saturated carbocycles. The molecule has 0 fully saturated rings. The number of benzene rings is 1. The highest BCUT2D eigenvalue weighted by molar-refractivity contribution is 5.26. The highest BCUT2D eigenvalue weighted by atomic mass is 16.5. The van der Waals surface area contributed by atoms with Gasteiger partial charge < -0.3 is 10.5 Å². The number of hydrogen-bond donors (Lipinski definition) is 1. The molecule has 0 radical (unpaired) electrons. The summed E-state index contributed by atoms with van der Waals surface area (Å²) in [5.41, 5.74) is 6.69. The Labute approximate surface area is 92.4 Å². The Morgan fingerprint density at radius 2 is 1.67 bits per heavy atom. The maximum Gasteiger partial charge on any atom is 0.119 e. The molecule has 0 heterocycles. The lowest BCUT2D eigenvalue weighted by molar-refractivity contribution is 0.305. The second kappa shape index (κ2) is 7.30. The summed E-state index contributed by atoms with van der Waals surface area (Å²) in [6, 6.07) is 8.19. The Balaban J connectivity index is 2.07. The van der Waals surface area contributed by atoms with Crippen molar-refractivity contribution in [1.29, 1.82) is 0 Å². The summed E-state index contributed by atoms with van der Waals surface area (Å²) < 4.78 is 5.61. The fourth-order valence-electron chi connectivity index (χ4n) is 1.42. The normalized spacial score (nSPS) is 10.3. The first-order chi connectivity index (χ1) is 7.33. The van der Waals surface area contributed by atoms with E-state index >= 15 is 0 Å². The third-order valence-corrected chi connectivity index (χ3v) is 2.39. The quantitative estimate of drug-likeness (QED) is 0.698. The van der Waals surface area contributed by atoms with Gasteiger partial charge in [-0.15, -0.1) is 0 Å². The Morgan fingerprint density at radius 1 is 1.00 bits per heavy atom. The van der Waals surface area contributed by atoms with E-state index < -0.39 is 0 Å². The molecule has 2 nitrogen and oxygen atoms in total. The van der Waals surface area contributed by atoms with Crippen molar-refractivity contribution in [2.45, 2.75) is 32.6 Å². The first-order valence-corrected chi connectivity index (χ1v) is 5.72. The van der Waals surface area contributed by atoms with E-state index in [-0.39, 0.29) is 0 Å². The number of nitrogens with two attached hydrogens (primary N) is 1. The zero-order valence-electron chi connectivity index (χ0n) is 9.54. The molecule has 0 aromatic heterocycles. The summed E-state index contributed by atoms with van der Waals surface area (Å²) in [7, 11) is 0. The second-order valence-electron chi connectivity index (χ2n) is 3.86.